The van der Waals surface area contributed by atoms with E-state index in [-0.39, 0.29) is 18.3 Å². The number of halogens is 1. The zero-order chi connectivity index (χ0) is 11.4. The van der Waals surface area contributed by atoms with Crippen molar-refractivity contribution in [2.24, 2.45) is 5.73 Å². The first kappa shape index (κ1) is 15.3. The molecule has 0 aliphatic heterocycles. The number of aromatic nitrogens is 1. The van der Waals surface area contributed by atoms with Gasteiger partial charge in [0.25, 0.3) is 0 Å². The van der Waals surface area contributed by atoms with Crippen LogP contribution in [0.2, 0.25) is 0 Å². The Hall–Kier alpha value is -0.650. The smallest absolute Gasteiger partial charge is 0.243 e. The molecule has 0 radical (unpaired) electrons. The van der Waals surface area contributed by atoms with Crippen molar-refractivity contribution in [3.8, 4) is 0 Å². The molecule has 0 saturated carbocycles. The number of hydrogen-bond donors (Lipinski definition) is 2. The highest BCUT2D eigenvalue weighted by molar-refractivity contribution is 7.15. The summed E-state index contributed by atoms with van der Waals surface area (Å²) in [4.78, 5) is 16.7. The number of anilines is 1. The quantitative estimate of drug-likeness (QED) is 0.876. The van der Waals surface area contributed by atoms with E-state index in [1.165, 1.54) is 11.3 Å². The minimum atomic E-state index is -0.448. The molecular weight excluding hydrogens is 246 g/mol. The number of nitrogens with one attached hydrogen (secondary N) is 1. The van der Waals surface area contributed by atoms with Crippen LogP contribution >= 0.6 is 23.7 Å². The van der Waals surface area contributed by atoms with Gasteiger partial charge in [-0.05, 0) is 12.3 Å². The predicted molar refractivity (Wildman–Crippen MR) is 70.3 cm³/mol. The van der Waals surface area contributed by atoms with Gasteiger partial charge in [0.05, 0.1) is 6.04 Å². The molecule has 0 unspecified atom stereocenters. The number of carbonyl (C=O) groups excluding carboxylic acids is 1. The second-order valence-electron chi connectivity index (χ2n) is 3.73. The summed E-state index contributed by atoms with van der Waals surface area (Å²) in [5, 5.41) is 3.34. The second kappa shape index (κ2) is 6.83. The maximum Gasteiger partial charge on any atom is 0.243 e. The van der Waals surface area contributed by atoms with E-state index in [1.807, 2.05) is 6.92 Å². The van der Waals surface area contributed by atoms with Crippen molar-refractivity contribution in [3.63, 3.8) is 0 Å². The Morgan fingerprint density at radius 2 is 2.25 bits per heavy atom. The van der Waals surface area contributed by atoms with Gasteiger partial charge >= 0.3 is 0 Å². The Kier molecular flexibility index (Phi) is 6.55. The maximum absolute atomic E-state index is 11.5. The third kappa shape index (κ3) is 4.08. The van der Waals surface area contributed by atoms with Gasteiger partial charge in [-0.2, -0.15) is 0 Å². The lowest BCUT2D eigenvalue weighted by Gasteiger charge is -2.06. The topological polar surface area (TPSA) is 68.0 Å². The van der Waals surface area contributed by atoms with Crippen molar-refractivity contribution >= 4 is 34.8 Å². The van der Waals surface area contributed by atoms with E-state index in [2.05, 4.69) is 24.1 Å². The van der Waals surface area contributed by atoms with Gasteiger partial charge in [0.1, 0.15) is 0 Å². The first-order chi connectivity index (χ1) is 7.04. The molecule has 6 heteroatoms. The average Bonchev–Trinajstić information content (AvgIpc) is 2.65. The summed E-state index contributed by atoms with van der Waals surface area (Å²) in [6.45, 7) is 6.07. The summed E-state index contributed by atoms with van der Waals surface area (Å²) >= 11 is 1.50. The van der Waals surface area contributed by atoms with E-state index in [9.17, 15) is 4.79 Å². The van der Waals surface area contributed by atoms with E-state index in [0.717, 1.165) is 4.88 Å². The number of carbonyl (C=O) groups is 1. The molecule has 0 saturated heterocycles. The fourth-order valence-corrected chi connectivity index (χ4v) is 1.82. The van der Waals surface area contributed by atoms with Crippen molar-refractivity contribution in [1.29, 1.82) is 0 Å². The van der Waals surface area contributed by atoms with Gasteiger partial charge in [-0.1, -0.05) is 20.8 Å². The molecule has 1 atom stereocenters. The van der Waals surface area contributed by atoms with Gasteiger partial charge in [-0.15, -0.1) is 23.7 Å². The summed E-state index contributed by atoms with van der Waals surface area (Å²) in [6, 6.07) is -0.448. The Morgan fingerprint density at radius 1 is 1.62 bits per heavy atom. The number of thiazole rings is 1. The van der Waals surface area contributed by atoms with Gasteiger partial charge < -0.3 is 11.1 Å². The highest BCUT2D eigenvalue weighted by Crippen LogP contribution is 2.25. The fourth-order valence-electron chi connectivity index (χ4n) is 0.995. The van der Waals surface area contributed by atoms with Gasteiger partial charge in [-0.25, -0.2) is 4.98 Å². The molecule has 3 N–H and O–H groups in total. The first-order valence-electron chi connectivity index (χ1n) is 5.06. The van der Waals surface area contributed by atoms with Crippen LogP contribution in [0.5, 0.6) is 0 Å². The summed E-state index contributed by atoms with van der Waals surface area (Å²) in [5.41, 5.74) is 5.60. The Bertz CT molecular complexity index is 341. The number of rotatable bonds is 4. The Morgan fingerprint density at radius 3 is 2.69 bits per heavy atom. The zero-order valence-corrected chi connectivity index (χ0v) is 11.3. The number of nitrogens with zero attached hydrogens (tertiary/aromatic N) is 1. The van der Waals surface area contributed by atoms with E-state index in [4.69, 9.17) is 5.73 Å². The van der Waals surface area contributed by atoms with Crippen LogP contribution in [0.1, 0.15) is 38.0 Å². The van der Waals surface area contributed by atoms with Crippen LogP contribution in [-0.4, -0.2) is 16.9 Å². The molecule has 1 aromatic rings. The molecular formula is C10H18ClN3OS. The predicted octanol–water partition coefficient (Wildman–Crippen LogP) is 2.36. The molecule has 0 fully saturated rings. The van der Waals surface area contributed by atoms with Gasteiger partial charge in [0.2, 0.25) is 5.91 Å². The van der Waals surface area contributed by atoms with E-state index in [0.29, 0.717) is 17.5 Å². The average molecular weight is 264 g/mol. The first-order valence-corrected chi connectivity index (χ1v) is 5.88. The van der Waals surface area contributed by atoms with Gasteiger partial charge in [0.15, 0.2) is 5.13 Å². The largest absolute Gasteiger partial charge is 0.320 e. The molecule has 1 heterocycles. The van der Waals surface area contributed by atoms with E-state index < -0.39 is 6.04 Å². The third-order valence-corrected chi connectivity index (χ3v) is 3.31. The highest BCUT2D eigenvalue weighted by Gasteiger charge is 2.13. The monoisotopic (exact) mass is 263 g/mol. The van der Waals surface area contributed by atoms with Crippen LogP contribution in [0.25, 0.3) is 0 Å². The van der Waals surface area contributed by atoms with Crippen LogP contribution in [-0.2, 0) is 4.79 Å². The molecule has 1 aromatic heterocycles. The van der Waals surface area contributed by atoms with Crippen molar-refractivity contribution < 1.29 is 4.79 Å². The van der Waals surface area contributed by atoms with Crippen LogP contribution in [0, 0.1) is 0 Å². The molecule has 1 amide bonds. The number of amides is 1. The highest BCUT2D eigenvalue weighted by atomic mass is 35.5. The standard InChI is InChI=1S/C10H17N3OS.ClH/c1-4-7(11)9(14)13-10-12-5-8(15-10)6(2)3;/h5-7H,4,11H2,1-3H3,(H,12,13,14);1H/t7-;/m0./s1. The molecule has 0 spiro atoms. The number of hydrogen-bond acceptors (Lipinski definition) is 4. The summed E-state index contributed by atoms with van der Waals surface area (Å²) in [5.74, 6) is 0.273. The number of nitrogens with two attached hydrogens (primary N) is 1. The molecule has 4 nitrogen and oxygen atoms in total. The SMILES string of the molecule is CC[C@H](N)C(=O)Nc1ncc(C(C)C)s1.Cl. The van der Waals surface area contributed by atoms with Crippen molar-refractivity contribution in [2.75, 3.05) is 5.32 Å². The van der Waals surface area contributed by atoms with E-state index in [1.54, 1.807) is 6.20 Å². The minimum absolute atomic E-state index is 0. The Labute approximate surface area is 106 Å². The molecule has 0 aliphatic carbocycles. The molecule has 0 bridgehead atoms. The van der Waals surface area contributed by atoms with Crippen LogP contribution in [0.3, 0.4) is 0 Å². The van der Waals surface area contributed by atoms with Gasteiger partial charge in [-0.3, -0.25) is 4.79 Å². The summed E-state index contributed by atoms with van der Waals surface area (Å²) < 4.78 is 0. The van der Waals surface area contributed by atoms with E-state index >= 15 is 0 Å². The molecule has 92 valence electrons. The lowest BCUT2D eigenvalue weighted by molar-refractivity contribution is -0.117. The molecule has 0 aliphatic rings. The normalized spacial score (nSPS) is 12.1. The van der Waals surface area contributed by atoms with Crippen molar-refractivity contribution in [3.05, 3.63) is 11.1 Å². The summed E-state index contributed by atoms with van der Waals surface area (Å²) in [7, 11) is 0. The minimum Gasteiger partial charge on any atom is -0.320 e. The van der Waals surface area contributed by atoms with Gasteiger partial charge in [0, 0.05) is 11.1 Å². The molecule has 1 rings (SSSR count). The Balaban J connectivity index is 0.00000225. The molecule has 0 aromatic carbocycles. The van der Waals surface area contributed by atoms with Crippen LogP contribution in [0.4, 0.5) is 5.13 Å². The van der Waals surface area contributed by atoms with Crippen molar-refractivity contribution in [1.82, 2.24) is 4.98 Å². The second-order valence-corrected chi connectivity index (χ2v) is 4.79. The fraction of sp³-hybridized carbons (Fsp3) is 0.600. The maximum atomic E-state index is 11.5. The van der Waals surface area contributed by atoms with Crippen LogP contribution in [0.15, 0.2) is 6.20 Å². The molecule has 16 heavy (non-hydrogen) atoms. The van der Waals surface area contributed by atoms with Crippen molar-refractivity contribution in [2.45, 2.75) is 39.2 Å². The third-order valence-electron chi connectivity index (χ3n) is 2.10. The summed E-state index contributed by atoms with van der Waals surface area (Å²) in [6.07, 6.45) is 2.43. The zero-order valence-electron chi connectivity index (χ0n) is 9.69. The van der Waals surface area contributed by atoms with Crippen LogP contribution < -0.4 is 11.1 Å². The lowest BCUT2D eigenvalue weighted by atomic mass is 10.2. The lowest BCUT2D eigenvalue weighted by Crippen LogP contribution is -2.34.